The third-order valence-electron chi connectivity index (χ3n) is 2.80. The van der Waals surface area contributed by atoms with Crippen LogP contribution < -0.4 is 5.56 Å². The van der Waals surface area contributed by atoms with E-state index < -0.39 is 0 Å². The van der Waals surface area contributed by atoms with E-state index in [4.69, 9.17) is 0 Å². The molecule has 2 heterocycles. The number of hydrogen-bond acceptors (Lipinski definition) is 3. The summed E-state index contributed by atoms with van der Waals surface area (Å²) >= 11 is 1.60. The second kappa shape index (κ2) is 4.45. The minimum Gasteiger partial charge on any atom is -0.306 e. The number of aromatic amines is 1. The van der Waals surface area contributed by atoms with Gasteiger partial charge in [0.1, 0.15) is 0 Å². The monoisotopic (exact) mass is 248 g/mol. The molecule has 0 saturated carbocycles. The molecule has 0 bridgehead atoms. The number of hydrogen-bond donors (Lipinski definition) is 1. The van der Waals surface area contributed by atoms with Crippen LogP contribution in [0.2, 0.25) is 0 Å². The first-order valence-corrected chi connectivity index (χ1v) is 6.54. The molecule has 2 aromatic heterocycles. The van der Waals surface area contributed by atoms with E-state index >= 15 is 0 Å². The van der Waals surface area contributed by atoms with E-state index in [2.05, 4.69) is 9.97 Å². The van der Waals surface area contributed by atoms with Crippen molar-refractivity contribution in [3.8, 4) is 10.7 Å². The van der Waals surface area contributed by atoms with Gasteiger partial charge in [0, 0.05) is 11.3 Å². The molecule has 0 atom stereocenters. The molecule has 4 heteroatoms. The summed E-state index contributed by atoms with van der Waals surface area (Å²) in [5, 5.41) is 2.01. The van der Waals surface area contributed by atoms with E-state index in [1.807, 2.05) is 39.1 Å². The first-order valence-electron chi connectivity index (χ1n) is 5.66. The maximum absolute atomic E-state index is 12.0. The predicted octanol–water partition coefficient (Wildman–Crippen LogP) is 3.24. The molecule has 0 saturated heterocycles. The Labute approximate surface area is 105 Å². The third kappa shape index (κ3) is 2.17. The van der Waals surface area contributed by atoms with Gasteiger partial charge in [-0.2, -0.15) is 0 Å². The smallest absolute Gasteiger partial charge is 0.254 e. The van der Waals surface area contributed by atoms with Crippen molar-refractivity contribution >= 4 is 11.3 Å². The van der Waals surface area contributed by atoms with E-state index in [0.29, 0.717) is 5.82 Å². The van der Waals surface area contributed by atoms with Crippen LogP contribution in [0.25, 0.3) is 10.7 Å². The Bertz CT molecular complexity index is 596. The van der Waals surface area contributed by atoms with Crippen molar-refractivity contribution in [2.75, 3.05) is 0 Å². The Morgan fingerprint density at radius 1 is 1.35 bits per heavy atom. The van der Waals surface area contributed by atoms with Gasteiger partial charge in [-0.25, -0.2) is 4.98 Å². The molecule has 2 rings (SSSR count). The van der Waals surface area contributed by atoms with Gasteiger partial charge in [-0.15, -0.1) is 11.3 Å². The molecule has 0 fully saturated rings. The summed E-state index contributed by atoms with van der Waals surface area (Å²) in [6.07, 6.45) is 0. The van der Waals surface area contributed by atoms with Crippen LogP contribution in [0.15, 0.2) is 16.2 Å². The van der Waals surface area contributed by atoms with Gasteiger partial charge in [0.15, 0.2) is 5.82 Å². The first kappa shape index (κ1) is 12.0. The molecule has 0 amide bonds. The first-order chi connectivity index (χ1) is 8.00. The van der Waals surface area contributed by atoms with E-state index in [1.54, 1.807) is 11.3 Å². The minimum atomic E-state index is -0.0182. The van der Waals surface area contributed by atoms with Crippen molar-refractivity contribution in [2.45, 2.75) is 33.6 Å². The van der Waals surface area contributed by atoms with Crippen LogP contribution in [0.3, 0.4) is 0 Å². The molecule has 2 aromatic rings. The molecule has 17 heavy (non-hydrogen) atoms. The van der Waals surface area contributed by atoms with Gasteiger partial charge < -0.3 is 4.98 Å². The van der Waals surface area contributed by atoms with Crippen molar-refractivity contribution in [3.05, 3.63) is 38.6 Å². The van der Waals surface area contributed by atoms with Crippen molar-refractivity contribution in [1.82, 2.24) is 9.97 Å². The van der Waals surface area contributed by atoms with Gasteiger partial charge in [0.2, 0.25) is 0 Å². The molecular weight excluding hydrogens is 232 g/mol. The second-order valence-corrected chi connectivity index (χ2v) is 5.42. The van der Waals surface area contributed by atoms with Crippen molar-refractivity contribution < 1.29 is 0 Å². The Morgan fingerprint density at radius 2 is 2.06 bits per heavy atom. The van der Waals surface area contributed by atoms with Crippen LogP contribution >= 0.6 is 11.3 Å². The minimum absolute atomic E-state index is 0.0182. The summed E-state index contributed by atoms with van der Waals surface area (Å²) in [7, 11) is 0. The summed E-state index contributed by atoms with van der Waals surface area (Å²) in [5.74, 6) is 0.883. The largest absolute Gasteiger partial charge is 0.306 e. The highest BCUT2D eigenvalue weighted by Crippen LogP contribution is 2.26. The lowest BCUT2D eigenvalue weighted by Gasteiger charge is -2.09. The van der Waals surface area contributed by atoms with Crippen molar-refractivity contribution in [2.24, 2.45) is 0 Å². The summed E-state index contributed by atoms with van der Waals surface area (Å²) in [5.41, 5.74) is 2.74. The standard InChI is InChI=1S/C13H16N2OS/c1-7(2)10-9(4)14-12(15-13(10)16)11-8(3)5-6-17-11/h5-7H,1-4H3,(H,14,15,16). The van der Waals surface area contributed by atoms with Gasteiger partial charge in [-0.3, -0.25) is 4.79 Å². The highest BCUT2D eigenvalue weighted by Gasteiger charge is 2.13. The highest BCUT2D eigenvalue weighted by atomic mass is 32.1. The van der Waals surface area contributed by atoms with Crippen LogP contribution in [0.5, 0.6) is 0 Å². The van der Waals surface area contributed by atoms with Crippen LogP contribution in [0.4, 0.5) is 0 Å². The van der Waals surface area contributed by atoms with Crippen molar-refractivity contribution in [3.63, 3.8) is 0 Å². The van der Waals surface area contributed by atoms with E-state index in [1.165, 1.54) is 0 Å². The maximum Gasteiger partial charge on any atom is 0.254 e. The molecule has 0 spiro atoms. The fourth-order valence-corrected chi connectivity index (χ4v) is 2.87. The summed E-state index contributed by atoms with van der Waals surface area (Å²) < 4.78 is 0. The Morgan fingerprint density at radius 3 is 2.53 bits per heavy atom. The van der Waals surface area contributed by atoms with E-state index in [9.17, 15) is 4.79 Å². The number of rotatable bonds is 2. The zero-order valence-electron chi connectivity index (χ0n) is 10.5. The average Bonchev–Trinajstić information content (AvgIpc) is 2.62. The van der Waals surface area contributed by atoms with E-state index in [-0.39, 0.29) is 11.5 Å². The molecule has 0 radical (unpaired) electrons. The SMILES string of the molecule is Cc1ccsc1-c1nc(C)c(C(C)C)c(=O)[nH]1. The summed E-state index contributed by atoms with van der Waals surface area (Å²) in [4.78, 5) is 20.5. The fourth-order valence-electron chi connectivity index (χ4n) is 2.00. The molecule has 0 aliphatic rings. The Balaban J connectivity index is 2.61. The van der Waals surface area contributed by atoms with Crippen LogP contribution in [-0.4, -0.2) is 9.97 Å². The van der Waals surface area contributed by atoms with E-state index in [0.717, 1.165) is 21.7 Å². The van der Waals surface area contributed by atoms with Gasteiger partial charge in [-0.05, 0) is 36.8 Å². The van der Waals surface area contributed by atoms with Gasteiger partial charge >= 0.3 is 0 Å². The van der Waals surface area contributed by atoms with Gasteiger partial charge in [0.25, 0.3) is 5.56 Å². The Kier molecular flexibility index (Phi) is 3.15. The molecule has 0 unspecified atom stereocenters. The number of H-pyrrole nitrogens is 1. The zero-order valence-corrected chi connectivity index (χ0v) is 11.3. The number of thiophene rings is 1. The van der Waals surface area contributed by atoms with Crippen molar-refractivity contribution in [1.29, 1.82) is 0 Å². The van der Waals surface area contributed by atoms with Gasteiger partial charge in [0.05, 0.1) is 4.88 Å². The normalized spacial score (nSPS) is 11.1. The maximum atomic E-state index is 12.0. The molecular formula is C13H16N2OS. The zero-order chi connectivity index (χ0) is 12.6. The topological polar surface area (TPSA) is 45.8 Å². The lowest BCUT2D eigenvalue weighted by Crippen LogP contribution is -2.18. The number of aryl methyl sites for hydroxylation is 2. The predicted molar refractivity (Wildman–Crippen MR) is 71.7 cm³/mol. The number of nitrogens with one attached hydrogen (secondary N) is 1. The lowest BCUT2D eigenvalue weighted by atomic mass is 10.0. The second-order valence-electron chi connectivity index (χ2n) is 4.50. The molecule has 1 N–H and O–H groups in total. The molecule has 0 aliphatic carbocycles. The number of nitrogens with zero attached hydrogens (tertiary/aromatic N) is 1. The van der Waals surface area contributed by atoms with Crippen LogP contribution in [0.1, 0.15) is 36.6 Å². The molecule has 0 aromatic carbocycles. The van der Waals surface area contributed by atoms with Crippen LogP contribution in [0, 0.1) is 13.8 Å². The fraction of sp³-hybridized carbons (Fsp3) is 0.385. The summed E-state index contributed by atoms with van der Waals surface area (Å²) in [6.45, 7) is 7.94. The summed E-state index contributed by atoms with van der Waals surface area (Å²) in [6, 6.07) is 2.03. The highest BCUT2D eigenvalue weighted by molar-refractivity contribution is 7.13. The molecule has 90 valence electrons. The third-order valence-corrected chi connectivity index (χ3v) is 3.82. The van der Waals surface area contributed by atoms with Crippen LogP contribution in [-0.2, 0) is 0 Å². The number of aromatic nitrogens is 2. The molecule has 3 nitrogen and oxygen atoms in total. The van der Waals surface area contributed by atoms with Gasteiger partial charge in [-0.1, -0.05) is 13.8 Å². The average molecular weight is 248 g/mol. The Hall–Kier alpha value is -1.42. The quantitative estimate of drug-likeness (QED) is 0.886. The lowest BCUT2D eigenvalue weighted by molar-refractivity contribution is 0.815. The molecule has 0 aliphatic heterocycles.